The van der Waals surface area contributed by atoms with Gasteiger partial charge in [0, 0.05) is 19.1 Å². The standard InChI is InChI=1S/C36H55NO5/c1-22(18-25(42-6)30(40)31(41)37-20-23-10-8-7-9-11-23)24-19-29(39)34(5)27-13-12-26-32(2,3)28(38)14-15-35(26)21-36(27,35)17-16-33(24,34)4/h7-11,22,24-30,38-40H,12-21H2,1-6H3,(H,37,41)/t22-,24-,25?,26+,27?,28?,29+,30+,33?,34-,35?,36?/m1/s1. The normalized spacial score (nSPS) is 45.4. The van der Waals surface area contributed by atoms with Crippen molar-refractivity contribution in [3.63, 3.8) is 0 Å². The number of carbonyl (C=O) groups excluding carboxylic acids is 1. The average molecular weight is 582 g/mol. The number of aliphatic hydroxyl groups excluding tert-OH is 3. The molecule has 5 aliphatic rings. The van der Waals surface area contributed by atoms with E-state index in [-0.39, 0.29) is 34.4 Å². The van der Waals surface area contributed by atoms with E-state index in [1.54, 1.807) is 7.11 Å². The Morgan fingerprint density at radius 3 is 2.33 bits per heavy atom. The maximum absolute atomic E-state index is 12.9. The molecule has 1 amide bonds. The fourth-order valence-corrected chi connectivity index (χ4v) is 12.2. The highest BCUT2D eigenvalue weighted by atomic mass is 16.5. The minimum absolute atomic E-state index is 0.0130. The van der Waals surface area contributed by atoms with Crippen LogP contribution in [-0.4, -0.2) is 52.8 Å². The summed E-state index contributed by atoms with van der Waals surface area (Å²) in [6.07, 6.45) is 6.91. The number of aliphatic hydroxyl groups is 3. The van der Waals surface area contributed by atoms with Crippen molar-refractivity contribution < 1.29 is 24.9 Å². The van der Waals surface area contributed by atoms with Crippen molar-refractivity contribution in [3.8, 4) is 0 Å². The largest absolute Gasteiger partial charge is 0.393 e. The summed E-state index contributed by atoms with van der Waals surface area (Å²) in [5.74, 6) is 1.16. The SMILES string of the molecule is COC(C[C@@H](C)[C@H]1C[C@H](O)[C@@]2(C)C3CC[C@H]4C(C)(C)C(O)CCC45CC35CCC12C)[C@H](O)C(=O)NCc1ccccc1. The highest BCUT2D eigenvalue weighted by Crippen LogP contribution is 2.89. The zero-order valence-corrected chi connectivity index (χ0v) is 26.7. The molecular formula is C36H55NO5. The zero-order chi connectivity index (χ0) is 30.3. The lowest BCUT2D eigenvalue weighted by molar-refractivity contribution is -0.182. The third kappa shape index (κ3) is 4.07. The monoisotopic (exact) mass is 581 g/mol. The van der Waals surface area contributed by atoms with E-state index >= 15 is 0 Å². The lowest BCUT2D eigenvalue weighted by Crippen LogP contribution is -2.59. The van der Waals surface area contributed by atoms with Crippen LogP contribution in [-0.2, 0) is 16.1 Å². The van der Waals surface area contributed by atoms with E-state index in [0.717, 1.165) is 44.1 Å². The lowest BCUT2D eigenvalue weighted by Gasteiger charge is -2.63. The van der Waals surface area contributed by atoms with Crippen molar-refractivity contribution >= 4 is 5.91 Å². The Labute approximate surface area is 253 Å². The Balaban J connectivity index is 1.17. The average Bonchev–Trinajstić information content (AvgIpc) is 3.59. The second-order valence-corrected chi connectivity index (χ2v) is 16.2. The van der Waals surface area contributed by atoms with Crippen LogP contribution in [0.15, 0.2) is 30.3 Å². The van der Waals surface area contributed by atoms with Crippen LogP contribution < -0.4 is 5.32 Å². The molecule has 6 rings (SSSR count). The van der Waals surface area contributed by atoms with Crippen LogP contribution in [0.1, 0.15) is 98.0 Å². The van der Waals surface area contributed by atoms with Gasteiger partial charge < -0.3 is 25.4 Å². The number of hydrogen-bond donors (Lipinski definition) is 4. The fourth-order valence-electron chi connectivity index (χ4n) is 12.2. The molecule has 5 aliphatic carbocycles. The van der Waals surface area contributed by atoms with Crippen LogP contribution in [0.4, 0.5) is 0 Å². The number of hydrogen-bond acceptors (Lipinski definition) is 5. The second-order valence-electron chi connectivity index (χ2n) is 16.2. The Morgan fingerprint density at radius 1 is 0.976 bits per heavy atom. The summed E-state index contributed by atoms with van der Waals surface area (Å²) in [5.41, 5.74) is 1.42. The predicted octanol–water partition coefficient (Wildman–Crippen LogP) is 5.48. The van der Waals surface area contributed by atoms with E-state index in [1.165, 1.54) is 12.8 Å². The molecule has 12 atom stereocenters. The van der Waals surface area contributed by atoms with E-state index in [9.17, 15) is 20.1 Å². The van der Waals surface area contributed by atoms with Crippen LogP contribution in [0.2, 0.25) is 0 Å². The van der Waals surface area contributed by atoms with Crippen LogP contribution in [0.25, 0.3) is 0 Å². The zero-order valence-electron chi connectivity index (χ0n) is 26.7. The van der Waals surface area contributed by atoms with Gasteiger partial charge in [-0.15, -0.1) is 0 Å². The van der Waals surface area contributed by atoms with E-state index in [0.29, 0.717) is 41.5 Å². The molecule has 6 heteroatoms. The second kappa shape index (κ2) is 10.3. The highest BCUT2D eigenvalue weighted by molar-refractivity contribution is 5.81. The minimum Gasteiger partial charge on any atom is -0.393 e. The Morgan fingerprint density at radius 2 is 1.64 bits per heavy atom. The topological polar surface area (TPSA) is 99.0 Å². The summed E-state index contributed by atoms with van der Waals surface area (Å²) in [7, 11) is 1.58. The first kappa shape index (κ1) is 30.6. The van der Waals surface area contributed by atoms with Gasteiger partial charge in [0.25, 0.3) is 5.91 Å². The van der Waals surface area contributed by atoms with Gasteiger partial charge in [0.15, 0.2) is 6.10 Å². The van der Waals surface area contributed by atoms with E-state index in [2.05, 4.69) is 39.9 Å². The van der Waals surface area contributed by atoms with Crippen LogP contribution in [0, 0.1) is 50.7 Å². The van der Waals surface area contributed by atoms with Crippen molar-refractivity contribution in [2.45, 2.75) is 123 Å². The highest BCUT2D eigenvalue weighted by Gasteiger charge is 2.83. The van der Waals surface area contributed by atoms with Gasteiger partial charge in [-0.05, 0) is 109 Å². The number of fused-ring (bicyclic) bond motifs is 2. The smallest absolute Gasteiger partial charge is 0.251 e. The number of carbonyl (C=O) groups is 1. The Hall–Kier alpha value is -1.47. The maximum Gasteiger partial charge on any atom is 0.251 e. The third-order valence-corrected chi connectivity index (χ3v) is 14.8. The Bertz CT molecular complexity index is 1170. The molecular weight excluding hydrogens is 526 g/mol. The molecule has 0 bridgehead atoms. The lowest BCUT2D eigenvalue weighted by atomic mass is 9.41. The first-order chi connectivity index (χ1) is 19.8. The minimum atomic E-state index is -1.24. The molecule has 5 saturated carbocycles. The number of benzene rings is 1. The quantitative estimate of drug-likeness (QED) is 0.326. The first-order valence-corrected chi connectivity index (χ1v) is 16.7. The van der Waals surface area contributed by atoms with Crippen molar-refractivity contribution in [1.82, 2.24) is 5.32 Å². The number of methoxy groups -OCH3 is 1. The van der Waals surface area contributed by atoms with Gasteiger partial charge in [0.1, 0.15) is 0 Å². The van der Waals surface area contributed by atoms with Crippen LogP contribution in [0.3, 0.4) is 0 Å². The fraction of sp³-hybridized carbons (Fsp3) is 0.806. The molecule has 6 nitrogen and oxygen atoms in total. The van der Waals surface area contributed by atoms with Gasteiger partial charge in [-0.25, -0.2) is 0 Å². The van der Waals surface area contributed by atoms with Gasteiger partial charge >= 0.3 is 0 Å². The molecule has 2 spiro atoms. The molecule has 5 fully saturated rings. The molecule has 4 N–H and O–H groups in total. The number of amides is 1. The van der Waals surface area contributed by atoms with Gasteiger partial charge in [-0.2, -0.15) is 0 Å². The summed E-state index contributed by atoms with van der Waals surface area (Å²) < 4.78 is 5.74. The van der Waals surface area contributed by atoms with E-state index in [1.807, 2.05) is 30.3 Å². The molecule has 1 aromatic rings. The summed E-state index contributed by atoms with van der Waals surface area (Å²) in [5, 5.41) is 36.8. The molecule has 0 aromatic heterocycles. The van der Waals surface area contributed by atoms with Crippen molar-refractivity contribution in [1.29, 1.82) is 0 Å². The Kier molecular flexibility index (Phi) is 7.48. The molecule has 42 heavy (non-hydrogen) atoms. The van der Waals surface area contributed by atoms with Crippen molar-refractivity contribution in [2.24, 2.45) is 50.7 Å². The van der Waals surface area contributed by atoms with E-state index < -0.39 is 18.1 Å². The van der Waals surface area contributed by atoms with Crippen LogP contribution in [0.5, 0.6) is 0 Å². The predicted molar refractivity (Wildman–Crippen MR) is 163 cm³/mol. The number of nitrogens with one attached hydrogen (secondary N) is 1. The van der Waals surface area contributed by atoms with Crippen molar-refractivity contribution in [2.75, 3.05) is 7.11 Å². The van der Waals surface area contributed by atoms with E-state index in [4.69, 9.17) is 4.74 Å². The third-order valence-electron chi connectivity index (χ3n) is 14.8. The van der Waals surface area contributed by atoms with Crippen molar-refractivity contribution in [3.05, 3.63) is 35.9 Å². The summed E-state index contributed by atoms with van der Waals surface area (Å²) in [4.78, 5) is 12.9. The molecule has 6 unspecified atom stereocenters. The molecule has 0 saturated heterocycles. The first-order valence-electron chi connectivity index (χ1n) is 16.7. The number of rotatable bonds is 8. The molecule has 0 heterocycles. The number of ether oxygens (including phenoxy) is 1. The molecule has 0 aliphatic heterocycles. The maximum atomic E-state index is 12.9. The van der Waals surface area contributed by atoms with Gasteiger partial charge in [-0.3, -0.25) is 4.79 Å². The van der Waals surface area contributed by atoms with Gasteiger partial charge in [-0.1, -0.05) is 65.0 Å². The molecule has 1 aromatic carbocycles. The van der Waals surface area contributed by atoms with Gasteiger partial charge in [0.05, 0.1) is 18.3 Å². The summed E-state index contributed by atoms with van der Waals surface area (Å²) in [6.45, 7) is 12.1. The van der Waals surface area contributed by atoms with Gasteiger partial charge in [0.2, 0.25) is 0 Å². The summed E-state index contributed by atoms with van der Waals surface area (Å²) >= 11 is 0. The molecule has 0 radical (unpaired) electrons. The van der Waals surface area contributed by atoms with Crippen LogP contribution >= 0.6 is 0 Å². The summed E-state index contributed by atoms with van der Waals surface area (Å²) in [6, 6.07) is 9.71. The molecule has 234 valence electrons.